The topological polar surface area (TPSA) is 26.0 Å². The minimum Gasteiger partial charge on any atom is -0.396 e. The zero-order chi connectivity index (χ0) is 17.1. The summed E-state index contributed by atoms with van der Waals surface area (Å²) in [5.74, 6) is -0.525. The molecule has 0 atom stereocenters. The number of rotatable bonds is 4. The predicted octanol–water partition coefficient (Wildman–Crippen LogP) is 6.06. The molecule has 1 aliphatic rings. The van der Waals surface area contributed by atoms with Gasteiger partial charge in [0.1, 0.15) is 0 Å². The van der Waals surface area contributed by atoms with Crippen molar-refractivity contribution >= 4 is 5.69 Å². The molecule has 0 aliphatic heterocycles. The Balaban J connectivity index is 1.75. The number of allylic oxidation sites excluding steroid dienone is 1. The van der Waals surface area contributed by atoms with E-state index < -0.39 is 11.6 Å². The van der Waals surface area contributed by atoms with Gasteiger partial charge in [0.2, 0.25) is 0 Å². The minimum absolute atomic E-state index is 0.163. The number of nitrogens with two attached hydrogens (primary N) is 1. The summed E-state index contributed by atoms with van der Waals surface area (Å²) in [4.78, 5) is 0. The maximum Gasteiger partial charge on any atom is 0.182 e. The van der Waals surface area contributed by atoms with Gasteiger partial charge in [0, 0.05) is 5.56 Å². The summed E-state index contributed by atoms with van der Waals surface area (Å²) >= 11 is 0. The van der Waals surface area contributed by atoms with Crippen molar-refractivity contribution in [2.24, 2.45) is 5.92 Å². The molecule has 3 heteroatoms. The molecule has 126 valence electrons. The Hall–Kier alpha value is -2.16. The minimum atomic E-state index is -0.975. The Bertz CT molecular complexity index is 713. The van der Waals surface area contributed by atoms with E-state index in [9.17, 15) is 8.78 Å². The summed E-state index contributed by atoms with van der Waals surface area (Å²) in [6, 6.07) is 10.8. The van der Waals surface area contributed by atoms with Gasteiger partial charge >= 0.3 is 0 Å². The van der Waals surface area contributed by atoms with Crippen molar-refractivity contribution in [3.63, 3.8) is 0 Å². The summed E-state index contributed by atoms with van der Waals surface area (Å²) in [6.45, 7) is 3.82. The normalized spacial score (nSPS) is 20.8. The van der Waals surface area contributed by atoms with E-state index in [1.165, 1.54) is 43.4 Å². The lowest BCUT2D eigenvalue weighted by molar-refractivity contribution is 0.328. The first kappa shape index (κ1) is 16.7. The molecular weight excluding hydrogens is 304 g/mol. The van der Waals surface area contributed by atoms with Crippen LogP contribution in [0.5, 0.6) is 0 Å². The van der Waals surface area contributed by atoms with Gasteiger partial charge in [0.25, 0.3) is 0 Å². The lowest BCUT2D eigenvalue weighted by atomic mass is 9.77. The fourth-order valence-electron chi connectivity index (χ4n) is 3.69. The molecule has 0 heterocycles. The van der Waals surface area contributed by atoms with Crippen LogP contribution in [0.3, 0.4) is 0 Å². The van der Waals surface area contributed by atoms with Crippen LogP contribution in [0.15, 0.2) is 49.1 Å². The molecule has 0 bridgehead atoms. The van der Waals surface area contributed by atoms with Gasteiger partial charge in [-0.1, -0.05) is 30.3 Å². The fraction of sp³-hybridized carbons (Fsp3) is 0.333. The third kappa shape index (κ3) is 3.35. The van der Waals surface area contributed by atoms with Gasteiger partial charge in [-0.15, -0.1) is 6.58 Å². The lowest BCUT2D eigenvalue weighted by Gasteiger charge is -2.28. The molecule has 0 spiro atoms. The highest BCUT2D eigenvalue weighted by Crippen LogP contribution is 2.38. The Morgan fingerprint density at radius 1 is 0.958 bits per heavy atom. The SMILES string of the molecule is C=CCC1CCC(c2ccc(-c3ccc(N)c(F)c3F)cc2)CC1. The van der Waals surface area contributed by atoms with E-state index in [2.05, 4.69) is 6.58 Å². The third-order valence-corrected chi connectivity index (χ3v) is 5.15. The van der Waals surface area contributed by atoms with Crippen LogP contribution in [0, 0.1) is 17.6 Å². The molecule has 0 aromatic heterocycles. The highest BCUT2D eigenvalue weighted by molar-refractivity contribution is 5.67. The number of nitrogen functional groups attached to an aromatic ring is 1. The largest absolute Gasteiger partial charge is 0.396 e. The first-order chi connectivity index (χ1) is 11.6. The van der Waals surface area contributed by atoms with Crippen LogP contribution in [-0.4, -0.2) is 0 Å². The molecule has 1 fully saturated rings. The van der Waals surface area contributed by atoms with Crippen LogP contribution in [0.4, 0.5) is 14.5 Å². The average Bonchev–Trinajstić information content (AvgIpc) is 2.61. The number of hydrogen-bond acceptors (Lipinski definition) is 1. The molecule has 0 radical (unpaired) electrons. The van der Waals surface area contributed by atoms with Gasteiger partial charge in [-0.2, -0.15) is 0 Å². The summed E-state index contributed by atoms with van der Waals surface area (Å²) < 4.78 is 27.7. The van der Waals surface area contributed by atoms with Gasteiger partial charge in [-0.25, -0.2) is 8.78 Å². The molecule has 2 aromatic carbocycles. The second-order valence-corrected chi connectivity index (χ2v) is 6.69. The zero-order valence-electron chi connectivity index (χ0n) is 13.8. The first-order valence-corrected chi connectivity index (χ1v) is 8.55. The maximum absolute atomic E-state index is 14.1. The van der Waals surface area contributed by atoms with Gasteiger partial charge in [-0.05, 0) is 67.2 Å². The molecule has 1 nitrogen and oxygen atoms in total. The third-order valence-electron chi connectivity index (χ3n) is 5.15. The van der Waals surface area contributed by atoms with E-state index in [0.29, 0.717) is 11.5 Å². The number of benzene rings is 2. The lowest BCUT2D eigenvalue weighted by Crippen LogP contribution is -2.12. The predicted molar refractivity (Wildman–Crippen MR) is 95.7 cm³/mol. The van der Waals surface area contributed by atoms with Crippen molar-refractivity contribution in [2.45, 2.75) is 38.0 Å². The van der Waals surface area contributed by atoms with E-state index >= 15 is 0 Å². The van der Waals surface area contributed by atoms with Gasteiger partial charge < -0.3 is 5.73 Å². The highest BCUT2D eigenvalue weighted by atomic mass is 19.2. The van der Waals surface area contributed by atoms with E-state index in [1.54, 1.807) is 0 Å². The van der Waals surface area contributed by atoms with E-state index in [0.717, 1.165) is 12.3 Å². The standard InChI is InChI=1S/C21H23F2N/c1-2-3-14-4-6-15(7-5-14)16-8-10-17(11-9-16)18-12-13-19(24)21(23)20(18)22/h2,8-15H,1,3-7,24H2. The summed E-state index contributed by atoms with van der Waals surface area (Å²) in [5.41, 5.74) is 7.45. The quantitative estimate of drug-likeness (QED) is 0.536. The Morgan fingerprint density at radius 2 is 1.62 bits per heavy atom. The molecule has 3 rings (SSSR count). The van der Waals surface area contributed by atoms with E-state index in [4.69, 9.17) is 5.73 Å². The van der Waals surface area contributed by atoms with E-state index in [-0.39, 0.29) is 11.3 Å². The van der Waals surface area contributed by atoms with Crippen molar-refractivity contribution < 1.29 is 8.78 Å². The molecule has 0 unspecified atom stereocenters. The monoisotopic (exact) mass is 327 g/mol. The van der Waals surface area contributed by atoms with Gasteiger partial charge in [-0.3, -0.25) is 0 Å². The van der Waals surface area contributed by atoms with Gasteiger partial charge in [0.15, 0.2) is 11.6 Å². The fourth-order valence-corrected chi connectivity index (χ4v) is 3.69. The Morgan fingerprint density at radius 3 is 2.25 bits per heavy atom. The van der Waals surface area contributed by atoms with E-state index in [1.807, 2.05) is 30.3 Å². The van der Waals surface area contributed by atoms with Gasteiger partial charge in [0.05, 0.1) is 5.69 Å². The zero-order valence-corrected chi connectivity index (χ0v) is 13.8. The summed E-state index contributed by atoms with van der Waals surface area (Å²) in [7, 11) is 0. The van der Waals surface area contributed by atoms with Crippen LogP contribution in [0.2, 0.25) is 0 Å². The Kier molecular flexibility index (Phi) is 4.98. The number of hydrogen-bond donors (Lipinski definition) is 1. The number of anilines is 1. The molecular formula is C21H23F2N. The van der Waals surface area contributed by atoms with Crippen molar-refractivity contribution in [1.29, 1.82) is 0 Å². The molecule has 1 aliphatic carbocycles. The van der Waals surface area contributed by atoms with Crippen molar-refractivity contribution in [1.82, 2.24) is 0 Å². The van der Waals surface area contributed by atoms with Crippen LogP contribution >= 0.6 is 0 Å². The van der Waals surface area contributed by atoms with Crippen molar-refractivity contribution in [3.05, 3.63) is 66.3 Å². The Labute approximate surface area is 142 Å². The van der Waals surface area contributed by atoms with Crippen LogP contribution in [-0.2, 0) is 0 Å². The number of halogens is 2. The smallest absolute Gasteiger partial charge is 0.182 e. The second kappa shape index (κ2) is 7.16. The molecule has 0 saturated heterocycles. The van der Waals surface area contributed by atoms with Crippen molar-refractivity contribution in [3.8, 4) is 11.1 Å². The molecule has 2 N–H and O–H groups in total. The summed E-state index contributed by atoms with van der Waals surface area (Å²) in [6.07, 6.45) is 7.95. The molecule has 2 aromatic rings. The first-order valence-electron chi connectivity index (χ1n) is 8.55. The van der Waals surface area contributed by atoms with Crippen LogP contribution in [0.25, 0.3) is 11.1 Å². The molecule has 24 heavy (non-hydrogen) atoms. The van der Waals surface area contributed by atoms with Crippen LogP contribution < -0.4 is 5.73 Å². The highest BCUT2D eigenvalue weighted by Gasteiger charge is 2.21. The summed E-state index contributed by atoms with van der Waals surface area (Å²) in [5, 5.41) is 0. The van der Waals surface area contributed by atoms with Crippen molar-refractivity contribution in [2.75, 3.05) is 5.73 Å². The average molecular weight is 327 g/mol. The second-order valence-electron chi connectivity index (χ2n) is 6.69. The molecule has 1 saturated carbocycles. The maximum atomic E-state index is 14.1. The van der Waals surface area contributed by atoms with Crippen LogP contribution in [0.1, 0.15) is 43.6 Å². The molecule has 0 amide bonds.